The van der Waals surface area contributed by atoms with Gasteiger partial charge in [-0.1, -0.05) is 31.2 Å². The van der Waals surface area contributed by atoms with Gasteiger partial charge in [0.15, 0.2) is 6.61 Å². The van der Waals surface area contributed by atoms with Gasteiger partial charge in [-0.15, -0.1) is 0 Å². The molecule has 150 valence electrons. The molecule has 1 rings (SSSR count). The van der Waals surface area contributed by atoms with Crippen LogP contribution in [0.4, 0.5) is 0 Å². The largest absolute Gasteiger partial charge is 0.485 e. The molecule has 1 aromatic carbocycles. The molecule has 0 saturated heterocycles. The lowest BCUT2D eigenvalue weighted by atomic mass is 10.1. The van der Waals surface area contributed by atoms with Crippen molar-refractivity contribution in [1.29, 1.82) is 0 Å². The van der Waals surface area contributed by atoms with Crippen molar-refractivity contribution in [2.24, 2.45) is 4.99 Å². The number of thioether (sulfide) groups is 1. The number of allylic oxidation sites excluding steroid dienone is 3. The third-order valence-electron chi connectivity index (χ3n) is 3.75. The fraction of sp³-hybridized carbons (Fsp3) is 0.333. The molecule has 6 nitrogen and oxygen atoms in total. The molecular weight excluding hydrogens is 376 g/mol. The molecule has 0 aliphatic heterocycles. The van der Waals surface area contributed by atoms with Crippen molar-refractivity contribution in [3.8, 4) is 5.75 Å². The molecule has 0 aliphatic carbocycles. The zero-order valence-electron chi connectivity index (χ0n) is 16.4. The highest BCUT2D eigenvalue weighted by molar-refractivity contribution is 7.99. The number of rotatable bonds is 12. The molecule has 0 bridgehead atoms. The Morgan fingerprint density at radius 3 is 2.57 bits per heavy atom. The summed E-state index contributed by atoms with van der Waals surface area (Å²) < 4.78 is 5.47. The Bertz CT molecular complexity index is 739. The van der Waals surface area contributed by atoms with Crippen molar-refractivity contribution in [2.75, 3.05) is 12.9 Å². The molecule has 0 heterocycles. The molecule has 0 aliphatic rings. The Kier molecular flexibility index (Phi) is 11.3. The number of imide groups is 1. The van der Waals surface area contributed by atoms with Gasteiger partial charge in [0.05, 0.1) is 11.5 Å². The number of Topliss-reactive ketones (excluding diaryl/α,β-unsaturated/α-hetero) is 1. The Hall–Kier alpha value is -2.67. The predicted octanol–water partition coefficient (Wildman–Crippen LogP) is 3.12. The first kappa shape index (κ1) is 23.4. The maximum absolute atomic E-state index is 11.8. The van der Waals surface area contributed by atoms with E-state index in [0.29, 0.717) is 18.6 Å². The standard InChI is InChI=1S/C21H26N2O4S/c1-4-6-16(5-2)12-22-13-18(25)14-27-19-9-7-17(8-10-19)11-20(28-3)21(26)23-15-24/h4,6-10,12-13,15,20H,5,11,14H2,1-3H3,(H,23,24,26)/b6-4-,16-12-,22-13+. The van der Waals surface area contributed by atoms with Crippen LogP contribution in [0.3, 0.4) is 0 Å². The number of nitrogens with one attached hydrogen (secondary N) is 1. The van der Waals surface area contributed by atoms with Crippen molar-refractivity contribution in [2.45, 2.75) is 31.9 Å². The summed E-state index contributed by atoms with van der Waals surface area (Å²) in [4.78, 5) is 38.0. The molecular formula is C21H26N2O4S. The van der Waals surface area contributed by atoms with Crippen LogP contribution < -0.4 is 10.1 Å². The molecule has 2 amide bonds. The van der Waals surface area contributed by atoms with Crippen LogP contribution in [0.25, 0.3) is 0 Å². The Morgan fingerprint density at radius 1 is 1.29 bits per heavy atom. The quantitative estimate of drug-likeness (QED) is 0.330. The molecule has 0 radical (unpaired) electrons. The molecule has 0 saturated carbocycles. The van der Waals surface area contributed by atoms with Gasteiger partial charge in [0.25, 0.3) is 0 Å². The summed E-state index contributed by atoms with van der Waals surface area (Å²) in [7, 11) is 0. The van der Waals surface area contributed by atoms with Gasteiger partial charge in [0.1, 0.15) is 5.75 Å². The SMILES string of the molecule is C\C=C/C(=C\N=C\C(=O)COc1ccc(CC(SC)C(=O)NC=O)cc1)CC. The number of hydrogen-bond acceptors (Lipinski definition) is 6. The molecule has 1 N–H and O–H groups in total. The highest BCUT2D eigenvalue weighted by Crippen LogP contribution is 2.17. The number of aliphatic imine (C=N–C) groups is 1. The first-order valence-electron chi connectivity index (χ1n) is 8.90. The van der Waals surface area contributed by atoms with Crippen LogP contribution in [-0.2, 0) is 20.8 Å². The van der Waals surface area contributed by atoms with Gasteiger partial charge in [-0.25, -0.2) is 0 Å². The van der Waals surface area contributed by atoms with Gasteiger partial charge in [-0.05, 0) is 49.3 Å². The topological polar surface area (TPSA) is 84.8 Å². The zero-order valence-corrected chi connectivity index (χ0v) is 17.2. The van der Waals surface area contributed by atoms with Crippen LogP contribution in [0, 0.1) is 0 Å². The van der Waals surface area contributed by atoms with E-state index in [-0.39, 0.29) is 23.5 Å². The predicted molar refractivity (Wildman–Crippen MR) is 114 cm³/mol. The van der Waals surface area contributed by atoms with E-state index >= 15 is 0 Å². The van der Waals surface area contributed by atoms with E-state index in [1.54, 1.807) is 18.3 Å². The fourth-order valence-electron chi connectivity index (χ4n) is 2.24. The smallest absolute Gasteiger partial charge is 0.239 e. The monoisotopic (exact) mass is 402 g/mol. The van der Waals surface area contributed by atoms with E-state index in [4.69, 9.17) is 4.74 Å². The summed E-state index contributed by atoms with van der Waals surface area (Å²) in [6.07, 6.45) is 10.3. The molecule has 1 atom stereocenters. The number of carbonyl (C=O) groups excluding carboxylic acids is 3. The molecule has 1 unspecified atom stereocenters. The maximum atomic E-state index is 11.8. The van der Waals surface area contributed by atoms with Crippen LogP contribution in [0.15, 0.2) is 53.2 Å². The summed E-state index contributed by atoms with van der Waals surface area (Å²) in [5.74, 6) is 0.00825. The van der Waals surface area contributed by atoms with Gasteiger partial charge >= 0.3 is 0 Å². The molecule has 28 heavy (non-hydrogen) atoms. The van der Waals surface area contributed by atoms with Gasteiger partial charge in [-0.3, -0.25) is 24.7 Å². The second-order valence-electron chi connectivity index (χ2n) is 5.79. The summed E-state index contributed by atoms with van der Waals surface area (Å²) in [5.41, 5.74) is 1.97. The van der Waals surface area contributed by atoms with Crippen LogP contribution in [0.5, 0.6) is 5.75 Å². The van der Waals surface area contributed by atoms with Crippen LogP contribution in [0.1, 0.15) is 25.8 Å². The number of hydrogen-bond donors (Lipinski definition) is 1. The minimum Gasteiger partial charge on any atom is -0.485 e. The maximum Gasteiger partial charge on any atom is 0.239 e. The first-order chi connectivity index (χ1) is 13.5. The minimum absolute atomic E-state index is 0.100. The lowest BCUT2D eigenvalue weighted by Gasteiger charge is -2.12. The third kappa shape index (κ3) is 8.81. The second kappa shape index (κ2) is 13.5. The molecule has 0 fully saturated rings. The van der Waals surface area contributed by atoms with Gasteiger partial charge < -0.3 is 4.74 Å². The highest BCUT2D eigenvalue weighted by Gasteiger charge is 2.17. The molecule has 7 heteroatoms. The van der Waals surface area contributed by atoms with Crippen molar-refractivity contribution < 1.29 is 19.1 Å². The Labute approximate surface area is 170 Å². The number of carbonyl (C=O) groups is 3. The minimum atomic E-state index is -0.349. The summed E-state index contributed by atoms with van der Waals surface area (Å²) in [6.45, 7) is 3.85. The van der Waals surface area contributed by atoms with E-state index in [9.17, 15) is 14.4 Å². The highest BCUT2D eigenvalue weighted by atomic mass is 32.2. The van der Waals surface area contributed by atoms with Crippen LogP contribution >= 0.6 is 11.8 Å². The van der Waals surface area contributed by atoms with Crippen LogP contribution in [-0.4, -0.2) is 42.4 Å². The Balaban J connectivity index is 2.55. The Morgan fingerprint density at radius 2 is 2.00 bits per heavy atom. The van der Waals surface area contributed by atoms with Crippen molar-refractivity contribution in [3.05, 3.63) is 53.8 Å². The summed E-state index contributed by atoms with van der Waals surface area (Å²) in [6, 6.07) is 7.16. The number of nitrogens with zero attached hydrogens (tertiary/aromatic N) is 1. The first-order valence-corrected chi connectivity index (χ1v) is 10.2. The molecule has 0 aromatic heterocycles. The fourth-order valence-corrected chi connectivity index (χ4v) is 2.89. The van der Waals surface area contributed by atoms with Crippen LogP contribution in [0.2, 0.25) is 0 Å². The van der Waals surface area contributed by atoms with Crippen molar-refractivity contribution in [3.63, 3.8) is 0 Å². The normalized spacial score (nSPS) is 12.9. The lowest BCUT2D eigenvalue weighted by molar-refractivity contribution is -0.124. The third-order valence-corrected chi connectivity index (χ3v) is 4.70. The average molecular weight is 403 g/mol. The number of amides is 2. The van der Waals surface area contributed by atoms with Gasteiger partial charge in [-0.2, -0.15) is 11.8 Å². The van der Waals surface area contributed by atoms with Gasteiger partial charge in [0, 0.05) is 6.20 Å². The van der Waals surface area contributed by atoms with Gasteiger partial charge in [0.2, 0.25) is 18.1 Å². The van der Waals surface area contributed by atoms with E-state index in [1.807, 2.05) is 44.4 Å². The second-order valence-corrected chi connectivity index (χ2v) is 6.83. The zero-order chi connectivity index (χ0) is 20.8. The van der Waals surface area contributed by atoms with E-state index in [0.717, 1.165) is 17.6 Å². The lowest BCUT2D eigenvalue weighted by Crippen LogP contribution is -2.32. The molecule has 0 spiro atoms. The summed E-state index contributed by atoms with van der Waals surface area (Å²) >= 11 is 1.37. The average Bonchev–Trinajstić information content (AvgIpc) is 2.70. The number of ether oxygens (including phenoxy) is 1. The van der Waals surface area contributed by atoms with E-state index < -0.39 is 0 Å². The number of ketones is 1. The number of benzene rings is 1. The van der Waals surface area contributed by atoms with E-state index in [1.165, 1.54) is 18.0 Å². The van der Waals surface area contributed by atoms with Crippen molar-refractivity contribution >= 4 is 36.1 Å². The summed E-state index contributed by atoms with van der Waals surface area (Å²) in [5, 5.41) is 1.82. The molecule has 1 aromatic rings. The van der Waals surface area contributed by atoms with E-state index in [2.05, 4.69) is 10.3 Å². The van der Waals surface area contributed by atoms with Crippen molar-refractivity contribution in [1.82, 2.24) is 5.32 Å².